The fourth-order valence-electron chi connectivity index (χ4n) is 1.43. The molecule has 0 amide bonds. The molecule has 0 spiro atoms. The minimum atomic E-state index is -5.29. The number of thioether (sulfide) groups is 1. The SMILES string of the molecule is CCCCOC1CC(C(F)(F)F)(C(F)(F)F)S1. The summed E-state index contributed by atoms with van der Waals surface area (Å²) in [5.74, 6) is 0. The van der Waals surface area contributed by atoms with Crippen molar-refractivity contribution in [1.29, 1.82) is 0 Å². The van der Waals surface area contributed by atoms with E-state index in [1.165, 1.54) is 0 Å². The van der Waals surface area contributed by atoms with Crippen molar-refractivity contribution in [3.8, 4) is 0 Å². The zero-order valence-electron chi connectivity index (χ0n) is 8.99. The Morgan fingerprint density at radius 2 is 1.65 bits per heavy atom. The molecule has 1 heterocycles. The van der Waals surface area contributed by atoms with Crippen molar-refractivity contribution < 1.29 is 31.1 Å². The standard InChI is InChI=1S/C9H12F6OS/c1-2-3-4-16-6-5-7(17-6,8(10,11)12)9(13,14)15/h6H,2-5H2,1H3. The summed E-state index contributed by atoms with van der Waals surface area (Å²) in [4.78, 5) is 0. The number of rotatable bonds is 4. The maximum absolute atomic E-state index is 12.4. The van der Waals surface area contributed by atoms with E-state index in [4.69, 9.17) is 4.74 Å². The van der Waals surface area contributed by atoms with Crippen LogP contribution in [-0.4, -0.2) is 29.1 Å². The Hall–Kier alpha value is -0.110. The Morgan fingerprint density at radius 1 is 1.18 bits per heavy atom. The van der Waals surface area contributed by atoms with E-state index < -0.39 is 29.0 Å². The highest BCUT2D eigenvalue weighted by molar-refractivity contribution is 8.02. The number of hydrogen-bond donors (Lipinski definition) is 0. The lowest BCUT2D eigenvalue weighted by Crippen LogP contribution is -2.62. The summed E-state index contributed by atoms with van der Waals surface area (Å²) in [6.45, 7) is 2.05. The fraction of sp³-hybridized carbons (Fsp3) is 1.00. The van der Waals surface area contributed by atoms with Gasteiger partial charge in [-0.3, -0.25) is 0 Å². The van der Waals surface area contributed by atoms with Crippen LogP contribution in [0.5, 0.6) is 0 Å². The second-order valence-corrected chi connectivity index (χ2v) is 5.26. The summed E-state index contributed by atoms with van der Waals surface area (Å²) in [5.41, 5.74) is -1.01. The highest BCUT2D eigenvalue weighted by Gasteiger charge is 2.77. The van der Waals surface area contributed by atoms with Gasteiger partial charge in [-0.1, -0.05) is 13.3 Å². The maximum atomic E-state index is 12.4. The summed E-state index contributed by atoms with van der Waals surface area (Å²) in [6.07, 6.45) is -10.2. The molecule has 0 aromatic heterocycles. The summed E-state index contributed by atoms with van der Waals surface area (Å²) in [6, 6.07) is 0. The van der Waals surface area contributed by atoms with E-state index in [1.807, 2.05) is 6.92 Å². The van der Waals surface area contributed by atoms with Crippen LogP contribution in [0.2, 0.25) is 0 Å². The van der Waals surface area contributed by atoms with Gasteiger partial charge in [0, 0.05) is 13.0 Å². The molecule has 0 N–H and O–H groups in total. The van der Waals surface area contributed by atoms with Gasteiger partial charge in [-0.15, -0.1) is 11.8 Å². The number of hydrogen-bond acceptors (Lipinski definition) is 2. The first-order valence-electron chi connectivity index (χ1n) is 5.07. The predicted molar refractivity (Wildman–Crippen MR) is 51.7 cm³/mol. The van der Waals surface area contributed by atoms with Crippen LogP contribution in [0.1, 0.15) is 26.2 Å². The van der Waals surface area contributed by atoms with Crippen LogP contribution in [0.3, 0.4) is 0 Å². The van der Waals surface area contributed by atoms with Crippen molar-refractivity contribution >= 4 is 11.8 Å². The van der Waals surface area contributed by atoms with Crippen LogP contribution in [-0.2, 0) is 4.74 Å². The van der Waals surface area contributed by atoms with Gasteiger partial charge in [-0.2, -0.15) is 26.3 Å². The van der Waals surface area contributed by atoms with Gasteiger partial charge in [-0.25, -0.2) is 0 Å². The van der Waals surface area contributed by atoms with Crippen molar-refractivity contribution in [1.82, 2.24) is 0 Å². The molecule has 1 aliphatic rings. The summed E-state index contributed by atoms with van der Waals surface area (Å²) >= 11 is -0.187. The normalized spacial score (nSPS) is 24.5. The molecule has 8 heteroatoms. The average Bonchev–Trinajstić information content (AvgIpc) is 2.03. The second kappa shape index (κ2) is 4.87. The van der Waals surface area contributed by atoms with Gasteiger partial charge in [0.15, 0.2) is 0 Å². The molecule has 102 valence electrons. The third-order valence-electron chi connectivity index (χ3n) is 2.50. The van der Waals surface area contributed by atoms with Gasteiger partial charge >= 0.3 is 12.4 Å². The summed E-state index contributed by atoms with van der Waals surface area (Å²) in [7, 11) is 0. The van der Waals surface area contributed by atoms with Crippen LogP contribution < -0.4 is 0 Å². The topological polar surface area (TPSA) is 9.23 Å². The van der Waals surface area contributed by atoms with Crippen LogP contribution in [0.15, 0.2) is 0 Å². The maximum Gasteiger partial charge on any atom is 0.412 e. The molecule has 1 fully saturated rings. The zero-order valence-corrected chi connectivity index (χ0v) is 9.81. The van der Waals surface area contributed by atoms with Crippen LogP contribution in [0.25, 0.3) is 0 Å². The second-order valence-electron chi connectivity index (χ2n) is 3.80. The molecule has 0 saturated carbocycles. The Morgan fingerprint density at radius 3 is 2.00 bits per heavy atom. The molecule has 1 rings (SSSR count). The molecule has 1 saturated heterocycles. The molecule has 17 heavy (non-hydrogen) atoms. The van der Waals surface area contributed by atoms with Gasteiger partial charge in [0.1, 0.15) is 5.44 Å². The Kier molecular flexibility index (Phi) is 4.28. The molecule has 1 atom stereocenters. The summed E-state index contributed by atoms with van der Waals surface area (Å²) < 4.78 is 75.8. The van der Waals surface area contributed by atoms with E-state index in [2.05, 4.69) is 0 Å². The van der Waals surface area contributed by atoms with Crippen molar-refractivity contribution in [2.75, 3.05) is 6.61 Å². The van der Waals surface area contributed by atoms with E-state index >= 15 is 0 Å². The first-order valence-corrected chi connectivity index (χ1v) is 5.95. The molecule has 0 aromatic rings. The van der Waals surface area contributed by atoms with E-state index in [-0.39, 0.29) is 18.4 Å². The molecule has 1 unspecified atom stereocenters. The lowest BCUT2D eigenvalue weighted by Gasteiger charge is -2.47. The Labute approximate surface area is 98.9 Å². The largest absolute Gasteiger partial charge is 0.412 e. The van der Waals surface area contributed by atoms with E-state index in [0.717, 1.165) is 6.42 Å². The number of unbranched alkanes of at least 4 members (excludes halogenated alkanes) is 1. The monoisotopic (exact) mass is 282 g/mol. The molecular weight excluding hydrogens is 270 g/mol. The quantitative estimate of drug-likeness (QED) is 0.566. The lowest BCUT2D eigenvalue weighted by molar-refractivity contribution is -0.276. The third kappa shape index (κ3) is 2.83. The van der Waals surface area contributed by atoms with Crippen molar-refractivity contribution in [2.45, 2.75) is 48.7 Å². The number of ether oxygens (including phenoxy) is 1. The molecule has 1 aliphatic heterocycles. The molecule has 0 bridgehead atoms. The molecule has 0 aliphatic carbocycles. The molecular formula is C9H12F6OS. The van der Waals surface area contributed by atoms with E-state index in [1.54, 1.807) is 0 Å². The first kappa shape index (κ1) is 14.9. The zero-order chi connectivity index (χ0) is 13.3. The highest BCUT2D eigenvalue weighted by atomic mass is 32.2. The smallest absolute Gasteiger partial charge is 0.368 e. The molecule has 0 radical (unpaired) electrons. The number of alkyl halides is 6. The average molecular weight is 282 g/mol. The first-order chi connectivity index (χ1) is 7.64. The van der Waals surface area contributed by atoms with E-state index in [0.29, 0.717) is 6.42 Å². The van der Waals surface area contributed by atoms with Gasteiger partial charge in [0.25, 0.3) is 0 Å². The van der Waals surface area contributed by atoms with Crippen LogP contribution >= 0.6 is 11.8 Å². The lowest BCUT2D eigenvalue weighted by atomic mass is 10.0. The predicted octanol–water partition coefficient (Wildman–Crippen LogP) is 4.13. The summed E-state index contributed by atoms with van der Waals surface area (Å²) in [5, 5.41) is 0. The Bertz CT molecular complexity index is 239. The molecule has 0 aromatic carbocycles. The van der Waals surface area contributed by atoms with Gasteiger partial charge < -0.3 is 4.74 Å². The Balaban J connectivity index is 2.58. The van der Waals surface area contributed by atoms with Crippen molar-refractivity contribution in [3.63, 3.8) is 0 Å². The van der Waals surface area contributed by atoms with E-state index in [9.17, 15) is 26.3 Å². The van der Waals surface area contributed by atoms with Crippen molar-refractivity contribution in [2.24, 2.45) is 0 Å². The van der Waals surface area contributed by atoms with Crippen LogP contribution in [0.4, 0.5) is 26.3 Å². The van der Waals surface area contributed by atoms with Crippen molar-refractivity contribution in [3.05, 3.63) is 0 Å². The minimum Gasteiger partial charge on any atom is -0.368 e. The van der Waals surface area contributed by atoms with Gasteiger partial charge in [0.05, 0.1) is 0 Å². The number of halogens is 6. The van der Waals surface area contributed by atoms with Gasteiger partial charge in [-0.05, 0) is 6.42 Å². The van der Waals surface area contributed by atoms with Crippen LogP contribution in [0, 0.1) is 0 Å². The minimum absolute atomic E-state index is 0.187. The van der Waals surface area contributed by atoms with Gasteiger partial charge in [0.2, 0.25) is 4.75 Å². The third-order valence-corrected chi connectivity index (χ3v) is 4.10. The highest BCUT2D eigenvalue weighted by Crippen LogP contribution is 2.63. The molecule has 1 nitrogen and oxygen atoms in total. The fourth-order valence-corrected chi connectivity index (χ4v) is 2.59.